The number of rotatable bonds is 2. The van der Waals surface area contributed by atoms with E-state index in [1.54, 1.807) is 12.1 Å². The minimum absolute atomic E-state index is 0.141. The first-order valence-electron chi connectivity index (χ1n) is 4.96. The summed E-state index contributed by atoms with van der Waals surface area (Å²) >= 11 is 0. The van der Waals surface area contributed by atoms with Gasteiger partial charge < -0.3 is 10.6 Å². The lowest BCUT2D eigenvalue weighted by atomic mass is 10.1. The van der Waals surface area contributed by atoms with Gasteiger partial charge in [-0.2, -0.15) is 0 Å². The summed E-state index contributed by atoms with van der Waals surface area (Å²) in [6, 6.07) is 6.97. The largest absolute Gasteiger partial charge is 0.314 e. The smallest absolute Gasteiger partial charge is 0.269 e. The van der Waals surface area contributed by atoms with Crippen LogP contribution in [0.15, 0.2) is 24.3 Å². The average molecular weight is 207 g/mol. The Morgan fingerprint density at radius 1 is 1.27 bits per heavy atom. The molecule has 5 nitrogen and oxygen atoms in total. The Labute approximate surface area is 87.6 Å². The predicted molar refractivity (Wildman–Crippen MR) is 56.7 cm³/mol. The van der Waals surface area contributed by atoms with E-state index in [0.29, 0.717) is 0 Å². The SMILES string of the molecule is O=[N+]([O-])c1ccc([C@H]2CNCCN2)cc1. The highest BCUT2D eigenvalue weighted by Gasteiger charge is 2.14. The Hall–Kier alpha value is -1.46. The van der Waals surface area contributed by atoms with Crippen LogP contribution in [-0.2, 0) is 0 Å². The van der Waals surface area contributed by atoms with Crippen LogP contribution in [0.25, 0.3) is 0 Å². The third-order valence-electron chi connectivity index (χ3n) is 2.55. The Morgan fingerprint density at radius 3 is 2.53 bits per heavy atom. The highest BCUT2D eigenvalue weighted by atomic mass is 16.6. The molecule has 1 aliphatic heterocycles. The van der Waals surface area contributed by atoms with Crippen LogP contribution >= 0.6 is 0 Å². The molecule has 0 unspecified atom stereocenters. The van der Waals surface area contributed by atoms with Crippen molar-refractivity contribution in [2.24, 2.45) is 0 Å². The molecule has 0 saturated carbocycles. The third kappa shape index (κ3) is 2.31. The van der Waals surface area contributed by atoms with Crippen LogP contribution in [0.2, 0.25) is 0 Å². The van der Waals surface area contributed by atoms with Gasteiger partial charge in [0.2, 0.25) is 0 Å². The van der Waals surface area contributed by atoms with E-state index in [1.165, 1.54) is 0 Å². The van der Waals surface area contributed by atoms with E-state index >= 15 is 0 Å². The van der Waals surface area contributed by atoms with Gasteiger partial charge in [-0.05, 0) is 5.56 Å². The molecule has 1 atom stereocenters. The highest BCUT2D eigenvalue weighted by Crippen LogP contribution is 2.18. The van der Waals surface area contributed by atoms with Gasteiger partial charge in [0.1, 0.15) is 0 Å². The summed E-state index contributed by atoms with van der Waals surface area (Å²) in [5.74, 6) is 0. The van der Waals surface area contributed by atoms with Gasteiger partial charge in [0.25, 0.3) is 5.69 Å². The minimum atomic E-state index is -0.379. The van der Waals surface area contributed by atoms with Gasteiger partial charge in [0, 0.05) is 37.8 Å². The van der Waals surface area contributed by atoms with Crippen molar-refractivity contribution in [1.29, 1.82) is 0 Å². The van der Waals surface area contributed by atoms with E-state index in [-0.39, 0.29) is 16.7 Å². The molecular weight excluding hydrogens is 194 g/mol. The summed E-state index contributed by atoms with van der Waals surface area (Å²) < 4.78 is 0. The van der Waals surface area contributed by atoms with Crippen LogP contribution < -0.4 is 10.6 Å². The second-order valence-electron chi connectivity index (χ2n) is 3.56. The molecule has 0 spiro atoms. The van der Waals surface area contributed by atoms with Gasteiger partial charge in [-0.15, -0.1) is 0 Å². The van der Waals surface area contributed by atoms with E-state index < -0.39 is 0 Å². The highest BCUT2D eigenvalue weighted by molar-refractivity contribution is 5.34. The lowest BCUT2D eigenvalue weighted by molar-refractivity contribution is -0.384. The van der Waals surface area contributed by atoms with E-state index in [9.17, 15) is 10.1 Å². The molecule has 0 bridgehead atoms. The van der Waals surface area contributed by atoms with Gasteiger partial charge in [-0.1, -0.05) is 12.1 Å². The van der Waals surface area contributed by atoms with Gasteiger partial charge in [-0.25, -0.2) is 0 Å². The summed E-state index contributed by atoms with van der Waals surface area (Å²) in [5.41, 5.74) is 1.23. The number of hydrogen-bond acceptors (Lipinski definition) is 4. The van der Waals surface area contributed by atoms with Crippen LogP contribution in [0, 0.1) is 10.1 Å². The first-order valence-corrected chi connectivity index (χ1v) is 4.96. The van der Waals surface area contributed by atoms with Crippen molar-refractivity contribution in [2.75, 3.05) is 19.6 Å². The normalized spacial score (nSPS) is 21.2. The van der Waals surface area contributed by atoms with Gasteiger partial charge in [0.05, 0.1) is 4.92 Å². The molecule has 0 radical (unpaired) electrons. The molecule has 1 heterocycles. The lowest BCUT2D eigenvalue weighted by Gasteiger charge is -2.24. The van der Waals surface area contributed by atoms with E-state index in [0.717, 1.165) is 25.2 Å². The van der Waals surface area contributed by atoms with E-state index in [4.69, 9.17) is 0 Å². The van der Waals surface area contributed by atoms with Crippen LogP contribution in [0.5, 0.6) is 0 Å². The molecule has 15 heavy (non-hydrogen) atoms. The number of hydrogen-bond donors (Lipinski definition) is 2. The molecule has 1 aromatic carbocycles. The summed E-state index contributed by atoms with van der Waals surface area (Å²) in [6.07, 6.45) is 0. The molecule has 2 N–H and O–H groups in total. The number of nitro groups is 1. The molecule has 80 valence electrons. The maximum absolute atomic E-state index is 10.5. The molecule has 0 aliphatic carbocycles. The molecular formula is C10H13N3O2. The Morgan fingerprint density at radius 2 is 2.00 bits per heavy atom. The van der Waals surface area contributed by atoms with Crippen LogP contribution in [-0.4, -0.2) is 24.6 Å². The molecule has 1 aliphatic rings. The van der Waals surface area contributed by atoms with Crippen molar-refractivity contribution in [3.63, 3.8) is 0 Å². The standard InChI is InChI=1S/C10H13N3O2/c14-13(15)9-3-1-8(2-4-9)10-7-11-5-6-12-10/h1-4,10-12H,5-7H2/t10-/m1/s1. The Kier molecular flexibility index (Phi) is 2.94. The summed E-state index contributed by atoms with van der Waals surface area (Å²) in [5, 5.41) is 17.1. The summed E-state index contributed by atoms with van der Waals surface area (Å²) in [7, 11) is 0. The molecule has 0 aromatic heterocycles. The molecule has 1 aromatic rings. The van der Waals surface area contributed by atoms with Gasteiger partial charge in [0.15, 0.2) is 0 Å². The third-order valence-corrected chi connectivity index (χ3v) is 2.55. The quantitative estimate of drug-likeness (QED) is 0.556. The molecule has 2 rings (SSSR count). The van der Waals surface area contributed by atoms with Crippen molar-refractivity contribution in [3.05, 3.63) is 39.9 Å². The first-order chi connectivity index (χ1) is 7.27. The molecule has 1 fully saturated rings. The van der Waals surface area contributed by atoms with Crippen molar-refractivity contribution in [3.8, 4) is 0 Å². The average Bonchev–Trinajstić information content (AvgIpc) is 2.30. The second kappa shape index (κ2) is 4.37. The number of benzene rings is 1. The number of non-ortho nitro benzene ring substituents is 1. The fraction of sp³-hybridized carbons (Fsp3) is 0.400. The zero-order chi connectivity index (χ0) is 10.7. The number of nitrogens with zero attached hydrogens (tertiary/aromatic N) is 1. The summed E-state index contributed by atoms with van der Waals surface area (Å²) in [4.78, 5) is 10.1. The monoisotopic (exact) mass is 207 g/mol. The molecule has 1 saturated heterocycles. The number of nitrogens with one attached hydrogen (secondary N) is 2. The van der Waals surface area contributed by atoms with E-state index in [1.807, 2.05) is 12.1 Å². The van der Waals surface area contributed by atoms with Gasteiger partial charge >= 0.3 is 0 Å². The van der Waals surface area contributed by atoms with Gasteiger partial charge in [-0.3, -0.25) is 10.1 Å². The first kappa shape index (κ1) is 10.1. The Bertz CT molecular complexity index is 344. The van der Waals surface area contributed by atoms with Crippen molar-refractivity contribution in [2.45, 2.75) is 6.04 Å². The van der Waals surface area contributed by atoms with Crippen molar-refractivity contribution in [1.82, 2.24) is 10.6 Å². The van der Waals surface area contributed by atoms with Crippen LogP contribution in [0.3, 0.4) is 0 Å². The maximum Gasteiger partial charge on any atom is 0.269 e. The van der Waals surface area contributed by atoms with E-state index in [2.05, 4.69) is 10.6 Å². The fourth-order valence-corrected chi connectivity index (χ4v) is 1.72. The molecule has 0 amide bonds. The van der Waals surface area contributed by atoms with Crippen LogP contribution in [0.4, 0.5) is 5.69 Å². The number of nitro benzene ring substituents is 1. The maximum atomic E-state index is 10.5. The fourth-order valence-electron chi connectivity index (χ4n) is 1.72. The minimum Gasteiger partial charge on any atom is -0.314 e. The Balaban J connectivity index is 2.11. The number of piperazine rings is 1. The summed E-state index contributed by atoms with van der Waals surface area (Å²) in [6.45, 7) is 2.78. The second-order valence-corrected chi connectivity index (χ2v) is 3.56. The molecule has 5 heteroatoms. The van der Waals surface area contributed by atoms with Crippen molar-refractivity contribution >= 4 is 5.69 Å². The van der Waals surface area contributed by atoms with Crippen LogP contribution in [0.1, 0.15) is 11.6 Å². The zero-order valence-electron chi connectivity index (χ0n) is 8.27. The predicted octanol–water partition coefficient (Wildman–Crippen LogP) is 0.829. The van der Waals surface area contributed by atoms with Crippen molar-refractivity contribution < 1.29 is 4.92 Å². The lowest BCUT2D eigenvalue weighted by Crippen LogP contribution is -2.42. The zero-order valence-corrected chi connectivity index (χ0v) is 8.27. The topological polar surface area (TPSA) is 67.2 Å².